The molecule has 0 aromatic heterocycles. The van der Waals surface area contributed by atoms with Crippen LogP contribution < -0.4 is 11.3 Å². The maximum Gasteiger partial charge on any atom is 0.266 e. The number of rotatable bonds is 5. The lowest BCUT2D eigenvalue weighted by Crippen LogP contribution is -2.30. The highest BCUT2D eigenvalue weighted by Gasteiger charge is 2.08. The second kappa shape index (κ2) is 6.48. The molecule has 0 unspecified atom stereocenters. The molecule has 15 heavy (non-hydrogen) atoms. The Kier molecular flexibility index (Phi) is 5.21. The van der Waals surface area contributed by atoms with Crippen molar-refractivity contribution < 1.29 is 4.79 Å². The number of nitrogens with one attached hydrogen (secondary N) is 1. The molecule has 1 aromatic carbocycles. The SMILES string of the molecule is CCCCSc1ccccc1C(=O)NN. The van der Waals surface area contributed by atoms with Crippen LogP contribution in [-0.4, -0.2) is 11.7 Å². The highest BCUT2D eigenvalue weighted by atomic mass is 32.2. The molecular formula is C11H16N2OS. The monoisotopic (exact) mass is 224 g/mol. The van der Waals surface area contributed by atoms with Crippen LogP contribution in [0.15, 0.2) is 29.2 Å². The average Bonchev–Trinajstić information content (AvgIpc) is 2.29. The van der Waals surface area contributed by atoms with Gasteiger partial charge < -0.3 is 0 Å². The van der Waals surface area contributed by atoms with Gasteiger partial charge in [-0.05, 0) is 24.3 Å². The van der Waals surface area contributed by atoms with Gasteiger partial charge in [-0.3, -0.25) is 10.2 Å². The molecule has 0 fully saturated rings. The van der Waals surface area contributed by atoms with Crippen LogP contribution in [0.5, 0.6) is 0 Å². The molecule has 4 heteroatoms. The first kappa shape index (κ1) is 12.1. The molecule has 1 amide bonds. The molecule has 0 radical (unpaired) electrons. The number of benzene rings is 1. The zero-order valence-corrected chi connectivity index (χ0v) is 9.64. The summed E-state index contributed by atoms with van der Waals surface area (Å²) in [6.45, 7) is 2.15. The van der Waals surface area contributed by atoms with E-state index in [4.69, 9.17) is 5.84 Å². The van der Waals surface area contributed by atoms with Gasteiger partial charge in [0.25, 0.3) is 5.91 Å². The van der Waals surface area contributed by atoms with Crippen molar-refractivity contribution in [2.45, 2.75) is 24.7 Å². The molecule has 0 heterocycles. The Morgan fingerprint density at radius 3 is 2.87 bits per heavy atom. The Bertz CT molecular complexity index is 328. The summed E-state index contributed by atoms with van der Waals surface area (Å²) in [5.41, 5.74) is 2.81. The number of thioether (sulfide) groups is 1. The standard InChI is InChI=1S/C11H16N2OS/c1-2-3-8-15-10-7-5-4-6-9(10)11(14)13-12/h4-7H,2-3,8,12H2,1H3,(H,13,14). The highest BCUT2D eigenvalue weighted by molar-refractivity contribution is 7.99. The van der Waals surface area contributed by atoms with Gasteiger partial charge in [-0.25, -0.2) is 5.84 Å². The Morgan fingerprint density at radius 1 is 1.47 bits per heavy atom. The summed E-state index contributed by atoms with van der Waals surface area (Å²) >= 11 is 1.70. The lowest BCUT2D eigenvalue weighted by molar-refractivity contribution is 0.0951. The van der Waals surface area contributed by atoms with E-state index in [-0.39, 0.29) is 5.91 Å². The predicted octanol–water partition coefficient (Wildman–Crippen LogP) is 2.18. The molecule has 0 saturated heterocycles. The van der Waals surface area contributed by atoms with E-state index in [9.17, 15) is 4.79 Å². The van der Waals surface area contributed by atoms with E-state index < -0.39 is 0 Å². The Balaban J connectivity index is 2.73. The van der Waals surface area contributed by atoms with Crippen molar-refractivity contribution in [1.29, 1.82) is 0 Å². The summed E-state index contributed by atoms with van der Waals surface area (Å²) < 4.78 is 0. The molecule has 1 aromatic rings. The van der Waals surface area contributed by atoms with Gasteiger partial charge in [0.05, 0.1) is 5.56 Å². The van der Waals surface area contributed by atoms with E-state index in [0.717, 1.165) is 23.5 Å². The lowest BCUT2D eigenvalue weighted by Gasteiger charge is -2.06. The fourth-order valence-corrected chi connectivity index (χ4v) is 2.33. The van der Waals surface area contributed by atoms with Gasteiger partial charge in [0.15, 0.2) is 0 Å². The molecule has 1 rings (SSSR count). The Hall–Kier alpha value is -1.00. The molecule has 0 spiro atoms. The van der Waals surface area contributed by atoms with Crippen LogP contribution in [0.25, 0.3) is 0 Å². The van der Waals surface area contributed by atoms with Gasteiger partial charge in [-0.15, -0.1) is 11.8 Å². The molecule has 82 valence electrons. The third kappa shape index (κ3) is 3.57. The van der Waals surface area contributed by atoms with Gasteiger partial charge in [0.1, 0.15) is 0 Å². The zero-order valence-electron chi connectivity index (χ0n) is 8.82. The molecule has 0 aliphatic rings. The summed E-state index contributed by atoms with van der Waals surface area (Å²) in [6.07, 6.45) is 2.32. The third-order valence-electron chi connectivity index (χ3n) is 2.02. The zero-order chi connectivity index (χ0) is 11.1. The van der Waals surface area contributed by atoms with Crippen molar-refractivity contribution in [3.8, 4) is 0 Å². The molecular weight excluding hydrogens is 208 g/mol. The minimum Gasteiger partial charge on any atom is -0.290 e. The first-order chi connectivity index (χ1) is 7.29. The second-order valence-electron chi connectivity index (χ2n) is 3.17. The number of carbonyl (C=O) groups is 1. The van der Waals surface area contributed by atoms with Gasteiger partial charge >= 0.3 is 0 Å². The van der Waals surface area contributed by atoms with Crippen LogP contribution in [-0.2, 0) is 0 Å². The fraction of sp³-hybridized carbons (Fsp3) is 0.364. The summed E-state index contributed by atoms with van der Waals surface area (Å²) in [7, 11) is 0. The second-order valence-corrected chi connectivity index (χ2v) is 4.31. The highest BCUT2D eigenvalue weighted by Crippen LogP contribution is 2.23. The largest absolute Gasteiger partial charge is 0.290 e. The van der Waals surface area contributed by atoms with E-state index in [0.29, 0.717) is 5.56 Å². The van der Waals surface area contributed by atoms with E-state index in [2.05, 4.69) is 12.3 Å². The molecule has 0 aliphatic carbocycles. The molecule has 0 atom stereocenters. The summed E-state index contributed by atoms with van der Waals surface area (Å²) in [4.78, 5) is 12.4. The van der Waals surface area contributed by atoms with Crippen molar-refractivity contribution in [2.24, 2.45) is 5.84 Å². The van der Waals surface area contributed by atoms with E-state index >= 15 is 0 Å². The Labute approximate surface area is 94.4 Å². The van der Waals surface area contributed by atoms with Crippen molar-refractivity contribution >= 4 is 17.7 Å². The van der Waals surface area contributed by atoms with E-state index in [1.165, 1.54) is 0 Å². The number of hydrogen-bond acceptors (Lipinski definition) is 3. The summed E-state index contributed by atoms with van der Waals surface area (Å²) in [5, 5.41) is 0. The van der Waals surface area contributed by atoms with E-state index in [1.54, 1.807) is 17.8 Å². The Morgan fingerprint density at radius 2 is 2.20 bits per heavy atom. The van der Waals surface area contributed by atoms with Crippen LogP contribution in [0.4, 0.5) is 0 Å². The number of hydrazine groups is 1. The number of amides is 1. The van der Waals surface area contributed by atoms with Gasteiger partial charge in [-0.2, -0.15) is 0 Å². The number of nitrogen functional groups attached to an aromatic ring is 1. The van der Waals surface area contributed by atoms with Crippen LogP contribution >= 0.6 is 11.8 Å². The third-order valence-corrected chi connectivity index (χ3v) is 3.18. The first-order valence-electron chi connectivity index (χ1n) is 5.02. The lowest BCUT2D eigenvalue weighted by atomic mass is 10.2. The molecule has 0 aliphatic heterocycles. The fourth-order valence-electron chi connectivity index (χ4n) is 1.18. The molecule has 3 N–H and O–H groups in total. The maximum atomic E-state index is 11.4. The summed E-state index contributed by atoms with van der Waals surface area (Å²) in [6, 6.07) is 7.51. The average molecular weight is 224 g/mol. The molecule has 0 saturated carbocycles. The predicted molar refractivity (Wildman–Crippen MR) is 63.7 cm³/mol. The van der Waals surface area contributed by atoms with Gasteiger partial charge in [0, 0.05) is 4.90 Å². The van der Waals surface area contributed by atoms with Crippen LogP contribution in [0.2, 0.25) is 0 Å². The normalized spacial score (nSPS) is 10.0. The van der Waals surface area contributed by atoms with Gasteiger partial charge in [0.2, 0.25) is 0 Å². The van der Waals surface area contributed by atoms with Crippen molar-refractivity contribution in [3.63, 3.8) is 0 Å². The maximum absolute atomic E-state index is 11.4. The number of hydrogen-bond donors (Lipinski definition) is 2. The number of nitrogens with two attached hydrogens (primary N) is 1. The van der Waals surface area contributed by atoms with Crippen molar-refractivity contribution in [2.75, 3.05) is 5.75 Å². The van der Waals surface area contributed by atoms with Crippen LogP contribution in [0, 0.1) is 0 Å². The van der Waals surface area contributed by atoms with Crippen LogP contribution in [0.3, 0.4) is 0 Å². The number of carbonyl (C=O) groups excluding carboxylic acids is 1. The van der Waals surface area contributed by atoms with E-state index in [1.807, 2.05) is 18.2 Å². The molecule has 0 bridgehead atoms. The van der Waals surface area contributed by atoms with Gasteiger partial charge in [-0.1, -0.05) is 25.5 Å². The number of unbranched alkanes of at least 4 members (excludes halogenated alkanes) is 1. The topological polar surface area (TPSA) is 55.1 Å². The van der Waals surface area contributed by atoms with Crippen molar-refractivity contribution in [3.05, 3.63) is 29.8 Å². The minimum absolute atomic E-state index is 0.227. The van der Waals surface area contributed by atoms with Crippen molar-refractivity contribution in [1.82, 2.24) is 5.43 Å². The quantitative estimate of drug-likeness (QED) is 0.265. The van der Waals surface area contributed by atoms with Crippen LogP contribution in [0.1, 0.15) is 30.1 Å². The molecule has 3 nitrogen and oxygen atoms in total. The smallest absolute Gasteiger partial charge is 0.266 e. The summed E-state index contributed by atoms with van der Waals surface area (Å²) in [5.74, 6) is 5.92. The first-order valence-corrected chi connectivity index (χ1v) is 6.01. The minimum atomic E-state index is -0.227.